The first-order chi connectivity index (χ1) is 4.84. The summed E-state index contributed by atoms with van der Waals surface area (Å²) in [5.41, 5.74) is 6.70. The maximum absolute atomic E-state index is 5.46. The summed E-state index contributed by atoms with van der Waals surface area (Å²) in [6, 6.07) is 10.1. The van der Waals surface area contributed by atoms with Gasteiger partial charge in [0.05, 0.1) is 4.83 Å². The molecule has 54 valence electrons. The maximum atomic E-state index is 5.46. The van der Waals surface area contributed by atoms with Crippen molar-refractivity contribution in [2.75, 3.05) is 6.54 Å². The van der Waals surface area contributed by atoms with Gasteiger partial charge in [0.15, 0.2) is 0 Å². The second kappa shape index (κ2) is 3.74. The molecule has 0 radical (unpaired) electrons. The number of hydrogen-bond donors (Lipinski definition) is 1. The Kier molecular flexibility index (Phi) is 2.90. The fraction of sp³-hybridized carbons (Fsp3) is 0.250. The molecule has 0 bridgehead atoms. The zero-order valence-electron chi connectivity index (χ0n) is 5.63. The van der Waals surface area contributed by atoms with Crippen LogP contribution < -0.4 is 5.73 Å². The summed E-state index contributed by atoms with van der Waals surface area (Å²) in [4.78, 5) is 0.300. The SMILES string of the molecule is NCC(Br)c1ccccc1. The first-order valence-corrected chi connectivity index (χ1v) is 4.15. The lowest BCUT2D eigenvalue weighted by Gasteiger charge is -2.04. The molecule has 0 fully saturated rings. The molecular formula is C8H10BrN. The first-order valence-electron chi connectivity index (χ1n) is 3.23. The largest absolute Gasteiger partial charge is 0.329 e. The Bertz CT molecular complexity index is 186. The monoisotopic (exact) mass is 199 g/mol. The van der Waals surface area contributed by atoms with E-state index in [0.717, 1.165) is 0 Å². The van der Waals surface area contributed by atoms with Gasteiger partial charge in [0.25, 0.3) is 0 Å². The van der Waals surface area contributed by atoms with Crippen LogP contribution in [0.4, 0.5) is 0 Å². The third kappa shape index (κ3) is 1.82. The maximum Gasteiger partial charge on any atom is 0.0517 e. The summed E-state index contributed by atoms with van der Waals surface area (Å²) in [5, 5.41) is 0. The highest BCUT2D eigenvalue weighted by molar-refractivity contribution is 9.09. The highest BCUT2D eigenvalue weighted by atomic mass is 79.9. The smallest absolute Gasteiger partial charge is 0.0517 e. The van der Waals surface area contributed by atoms with Gasteiger partial charge >= 0.3 is 0 Å². The average molecular weight is 200 g/mol. The van der Waals surface area contributed by atoms with Crippen LogP contribution in [0, 0.1) is 0 Å². The zero-order chi connectivity index (χ0) is 7.40. The Balaban J connectivity index is 2.75. The fourth-order valence-electron chi connectivity index (χ4n) is 0.798. The molecule has 1 atom stereocenters. The summed E-state index contributed by atoms with van der Waals surface area (Å²) in [6.07, 6.45) is 0. The number of alkyl halides is 1. The highest BCUT2D eigenvalue weighted by Crippen LogP contribution is 2.19. The summed E-state index contributed by atoms with van der Waals surface area (Å²) in [7, 11) is 0. The first kappa shape index (κ1) is 7.76. The Hall–Kier alpha value is -0.340. The molecule has 10 heavy (non-hydrogen) atoms. The molecule has 0 aliphatic heterocycles. The highest BCUT2D eigenvalue weighted by Gasteiger charge is 2.01. The number of nitrogens with two attached hydrogens (primary N) is 1. The molecule has 0 spiro atoms. The van der Waals surface area contributed by atoms with Gasteiger partial charge in [-0.1, -0.05) is 46.3 Å². The minimum Gasteiger partial charge on any atom is -0.329 e. The van der Waals surface area contributed by atoms with Crippen molar-refractivity contribution < 1.29 is 0 Å². The van der Waals surface area contributed by atoms with E-state index in [2.05, 4.69) is 28.1 Å². The molecule has 0 aliphatic rings. The van der Waals surface area contributed by atoms with E-state index in [9.17, 15) is 0 Å². The Morgan fingerprint density at radius 3 is 2.40 bits per heavy atom. The van der Waals surface area contributed by atoms with E-state index in [4.69, 9.17) is 5.73 Å². The van der Waals surface area contributed by atoms with E-state index in [-0.39, 0.29) is 0 Å². The van der Waals surface area contributed by atoms with Gasteiger partial charge in [-0.2, -0.15) is 0 Å². The summed E-state index contributed by atoms with van der Waals surface area (Å²) in [6.45, 7) is 0.643. The van der Waals surface area contributed by atoms with Crippen molar-refractivity contribution in [3.8, 4) is 0 Å². The number of benzene rings is 1. The fourth-order valence-corrected chi connectivity index (χ4v) is 1.10. The van der Waals surface area contributed by atoms with Crippen molar-refractivity contribution in [3.05, 3.63) is 35.9 Å². The van der Waals surface area contributed by atoms with Gasteiger partial charge < -0.3 is 5.73 Å². The van der Waals surface area contributed by atoms with Gasteiger partial charge in [-0.3, -0.25) is 0 Å². The van der Waals surface area contributed by atoms with Crippen LogP contribution in [0.2, 0.25) is 0 Å². The molecule has 1 unspecified atom stereocenters. The molecule has 1 aromatic rings. The van der Waals surface area contributed by atoms with Gasteiger partial charge in [-0.25, -0.2) is 0 Å². The van der Waals surface area contributed by atoms with Crippen LogP contribution in [0.1, 0.15) is 10.4 Å². The van der Waals surface area contributed by atoms with Crippen molar-refractivity contribution >= 4 is 15.9 Å². The van der Waals surface area contributed by atoms with Crippen LogP contribution in [-0.2, 0) is 0 Å². The molecule has 0 amide bonds. The second-order valence-corrected chi connectivity index (χ2v) is 3.22. The number of halogens is 1. The quantitative estimate of drug-likeness (QED) is 0.726. The molecule has 0 aromatic heterocycles. The average Bonchev–Trinajstić information content (AvgIpc) is 2.05. The summed E-state index contributed by atoms with van der Waals surface area (Å²) >= 11 is 3.46. The predicted molar refractivity (Wildman–Crippen MR) is 47.2 cm³/mol. The van der Waals surface area contributed by atoms with Crippen LogP contribution in [0.25, 0.3) is 0 Å². The molecule has 2 heteroatoms. The van der Waals surface area contributed by atoms with Crippen LogP contribution in [-0.4, -0.2) is 6.54 Å². The molecule has 1 aromatic carbocycles. The van der Waals surface area contributed by atoms with Gasteiger partial charge in [-0.15, -0.1) is 0 Å². The van der Waals surface area contributed by atoms with Crippen molar-refractivity contribution in [2.45, 2.75) is 4.83 Å². The van der Waals surface area contributed by atoms with Crippen molar-refractivity contribution in [1.82, 2.24) is 0 Å². The van der Waals surface area contributed by atoms with E-state index in [0.29, 0.717) is 11.4 Å². The van der Waals surface area contributed by atoms with Gasteiger partial charge in [-0.05, 0) is 5.56 Å². The molecule has 2 N–H and O–H groups in total. The van der Waals surface area contributed by atoms with E-state index in [1.54, 1.807) is 0 Å². The Morgan fingerprint density at radius 2 is 1.90 bits per heavy atom. The van der Waals surface area contributed by atoms with E-state index in [1.165, 1.54) is 5.56 Å². The lowest BCUT2D eigenvalue weighted by Crippen LogP contribution is -2.05. The van der Waals surface area contributed by atoms with Gasteiger partial charge in [0.2, 0.25) is 0 Å². The lowest BCUT2D eigenvalue weighted by atomic mass is 10.2. The number of hydrogen-bond acceptors (Lipinski definition) is 1. The van der Waals surface area contributed by atoms with Crippen molar-refractivity contribution in [2.24, 2.45) is 5.73 Å². The molecule has 0 saturated heterocycles. The molecule has 0 aliphatic carbocycles. The van der Waals surface area contributed by atoms with Crippen LogP contribution in [0.3, 0.4) is 0 Å². The summed E-state index contributed by atoms with van der Waals surface area (Å²) in [5.74, 6) is 0. The molecule has 1 nitrogen and oxygen atoms in total. The Labute approximate surface area is 69.4 Å². The topological polar surface area (TPSA) is 26.0 Å². The van der Waals surface area contributed by atoms with Crippen LogP contribution in [0.5, 0.6) is 0 Å². The standard InChI is InChI=1S/C8H10BrN/c9-8(6-10)7-4-2-1-3-5-7/h1-5,8H,6,10H2. The second-order valence-electron chi connectivity index (χ2n) is 2.11. The van der Waals surface area contributed by atoms with Crippen molar-refractivity contribution in [1.29, 1.82) is 0 Å². The van der Waals surface area contributed by atoms with E-state index in [1.807, 2.05) is 18.2 Å². The third-order valence-electron chi connectivity index (χ3n) is 1.37. The molecular weight excluding hydrogens is 190 g/mol. The normalized spacial score (nSPS) is 13.0. The molecule has 0 saturated carbocycles. The van der Waals surface area contributed by atoms with Gasteiger partial charge in [0.1, 0.15) is 0 Å². The van der Waals surface area contributed by atoms with E-state index < -0.39 is 0 Å². The van der Waals surface area contributed by atoms with E-state index >= 15 is 0 Å². The zero-order valence-corrected chi connectivity index (χ0v) is 7.21. The lowest BCUT2D eigenvalue weighted by molar-refractivity contribution is 0.958. The minimum atomic E-state index is 0.300. The summed E-state index contributed by atoms with van der Waals surface area (Å²) < 4.78 is 0. The Morgan fingerprint density at radius 1 is 1.30 bits per heavy atom. The molecule has 0 heterocycles. The van der Waals surface area contributed by atoms with Crippen molar-refractivity contribution in [3.63, 3.8) is 0 Å². The number of rotatable bonds is 2. The minimum absolute atomic E-state index is 0.300. The van der Waals surface area contributed by atoms with Crippen LogP contribution >= 0.6 is 15.9 Å². The predicted octanol–water partition coefficient (Wildman–Crippen LogP) is 2.08. The third-order valence-corrected chi connectivity index (χ3v) is 2.27. The molecule has 1 rings (SSSR count). The van der Waals surface area contributed by atoms with Crippen LogP contribution in [0.15, 0.2) is 30.3 Å². The van der Waals surface area contributed by atoms with Gasteiger partial charge in [0, 0.05) is 6.54 Å².